The van der Waals surface area contributed by atoms with Crippen molar-refractivity contribution in [2.45, 2.75) is 20.0 Å². The normalized spacial score (nSPS) is 10.2. The summed E-state index contributed by atoms with van der Waals surface area (Å²) < 4.78 is 12.9. The number of anilines is 1. The first-order valence-corrected chi connectivity index (χ1v) is 10.5. The van der Waals surface area contributed by atoms with Crippen LogP contribution in [0.15, 0.2) is 54.7 Å². The van der Waals surface area contributed by atoms with Crippen molar-refractivity contribution < 1.29 is 29.3 Å². The first kappa shape index (κ1) is 25.7. The molecule has 33 heavy (non-hydrogen) atoms. The molecule has 1 heterocycles. The van der Waals surface area contributed by atoms with E-state index < -0.39 is 11.9 Å². The highest BCUT2D eigenvalue weighted by Gasteiger charge is 2.12. The van der Waals surface area contributed by atoms with Crippen LogP contribution in [0.2, 0.25) is 5.02 Å². The molecule has 0 atom stereocenters. The van der Waals surface area contributed by atoms with Gasteiger partial charge in [0.2, 0.25) is 5.95 Å². The molecule has 0 fully saturated rings. The van der Waals surface area contributed by atoms with Crippen LogP contribution in [0.1, 0.15) is 12.5 Å². The zero-order valence-corrected chi connectivity index (χ0v) is 19.1. The molecule has 0 saturated heterocycles. The van der Waals surface area contributed by atoms with Crippen LogP contribution in [-0.2, 0) is 27.4 Å². The highest BCUT2D eigenvalue weighted by Crippen LogP contribution is 2.26. The van der Waals surface area contributed by atoms with E-state index >= 15 is 0 Å². The summed E-state index contributed by atoms with van der Waals surface area (Å²) in [6.45, 7) is 4.62. The van der Waals surface area contributed by atoms with E-state index in [1.807, 2.05) is 61.7 Å². The summed E-state index contributed by atoms with van der Waals surface area (Å²) in [5, 5.41) is 18.9. The molecule has 176 valence electrons. The Hall–Kier alpha value is -3.56. The average Bonchev–Trinajstić information content (AvgIpc) is 3.21. The van der Waals surface area contributed by atoms with Crippen molar-refractivity contribution in [3.05, 3.63) is 65.3 Å². The van der Waals surface area contributed by atoms with Gasteiger partial charge in [0, 0.05) is 30.8 Å². The fourth-order valence-electron chi connectivity index (χ4n) is 2.83. The van der Waals surface area contributed by atoms with Crippen LogP contribution in [0.4, 0.5) is 5.95 Å². The van der Waals surface area contributed by atoms with Gasteiger partial charge < -0.3 is 29.6 Å². The number of ether oxygens (including phenoxy) is 2. The van der Waals surface area contributed by atoms with Crippen LogP contribution in [0.3, 0.4) is 0 Å². The van der Waals surface area contributed by atoms with E-state index in [2.05, 4.69) is 14.9 Å². The van der Waals surface area contributed by atoms with E-state index in [9.17, 15) is 0 Å². The first-order chi connectivity index (χ1) is 15.8. The van der Waals surface area contributed by atoms with Gasteiger partial charge in [-0.05, 0) is 48.9 Å². The Balaban J connectivity index is 0.000000569. The van der Waals surface area contributed by atoms with Crippen molar-refractivity contribution in [1.29, 1.82) is 0 Å². The van der Waals surface area contributed by atoms with Gasteiger partial charge in [-0.25, -0.2) is 14.6 Å². The minimum absolute atomic E-state index is 0.607. The molecule has 9 nitrogen and oxygen atoms in total. The Morgan fingerprint density at radius 3 is 2.24 bits per heavy atom. The molecule has 0 radical (unpaired) electrons. The molecule has 3 rings (SSSR count). The third-order valence-corrected chi connectivity index (χ3v) is 4.63. The van der Waals surface area contributed by atoms with E-state index in [0.29, 0.717) is 26.3 Å². The van der Waals surface area contributed by atoms with E-state index in [1.54, 1.807) is 7.11 Å². The summed E-state index contributed by atoms with van der Waals surface area (Å²) in [5.41, 5.74) is 3.26. The monoisotopic (exact) mass is 475 g/mol. The predicted molar refractivity (Wildman–Crippen MR) is 125 cm³/mol. The molecule has 2 aromatic carbocycles. The van der Waals surface area contributed by atoms with Crippen LogP contribution >= 0.6 is 11.6 Å². The van der Waals surface area contributed by atoms with Gasteiger partial charge in [0.05, 0.1) is 25.1 Å². The summed E-state index contributed by atoms with van der Waals surface area (Å²) in [4.78, 5) is 22.8. The number of rotatable bonds is 9. The van der Waals surface area contributed by atoms with Crippen LogP contribution in [0, 0.1) is 0 Å². The lowest BCUT2D eigenvalue weighted by atomic mass is 10.1. The summed E-state index contributed by atoms with van der Waals surface area (Å²) in [6.07, 6.45) is 1.88. The first-order valence-electron chi connectivity index (χ1n) is 10.1. The standard InChI is InChI=1S/C21H24ClN3O2.C2H2O4/c1-3-27-19-10-6-17(7-11-19)20-15-24-21(25(20)12-13-26-2)23-14-16-4-8-18(22)9-5-16;3-1(4)2(5)6/h4-11,15H,3,12-14H2,1-2H3,(H,23,24);(H,3,4)(H,5,6). The van der Waals surface area contributed by atoms with Crippen molar-refractivity contribution in [1.82, 2.24) is 9.55 Å². The number of carboxylic acid groups (broad SMARTS) is 2. The zero-order valence-electron chi connectivity index (χ0n) is 18.3. The van der Waals surface area contributed by atoms with Crippen molar-refractivity contribution in [2.24, 2.45) is 0 Å². The maximum Gasteiger partial charge on any atom is 0.414 e. The Bertz CT molecular complexity index is 1020. The van der Waals surface area contributed by atoms with Crippen LogP contribution in [0.5, 0.6) is 5.75 Å². The number of halogens is 1. The van der Waals surface area contributed by atoms with Crippen molar-refractivity contribution in [3.63, 3.8) is 0 Å². The number of nitrogens with one attached hydrogen (secondary N) is 1. The molecular weight excluding hydrogens is 450 g/mol. The molecule has 0 aliphatic rings. The minimum atomic E-state index is -1.82. The molecule has 0 saturated carbocycles. The second-order valence-corrected chi connectivity index (χ2v) is 7.10. The van der Waals surface area contributed by atoms with Gasteiger partial charge in [-0.15, -0.1) is 0 Å². The lowest BCUT2D eigenvalue weighted by molar-refractivity contribution is -0.159. The highest BCUT2D eigenvalue weighted by atomic mass is 35.5. The Labute approximate surface area is 196 Å². The zero-order chi connectivity index (χ0) is 24.2. The summed E-state index contributed by atoms with van der Waals surface area (Å²) in [6, 6.07) is 15.8. The molecule has 0 aliphatic carbocycles. The van der Waals surface area contributed by atoms with Gasteiger partial charge >= 0.3 is 11.9 Å². The lowest BCUT2D eigenvalue weighted by Gasteiger charge is -2.13. The number of hydrogen-bond acceptors (Lipinski definition) is 6. The smallest absolute Gasteiger partial charge is 0.414 e. The Morgan fingerprint density at radius 1 is 1.06 bits per heavy atom. The molecule has 0 spiro atoms. The molecule has 0 aliphatic heterocycles. The van der Waals surface area contributed by atoms with Gasteiger partial charge in [-0.1, -0.05) is 23.7 Å². The summed E-state index contributed by atoms with van der Waals surface area (Å²) in [5.74, 6) is -1.97. The highest BCUT2D eigenvalue weighted by molar-refractivity contribution is 6.30. The minimum Gasteiger partial charge on any atom is -0.494 e. The van der Waals surface area contributed by atoms with Crippen LogP contribution < -0.4 is 10.1 Å². The molecule has 0 bridgehead atoms. The van der Waals surface area contributed by atoms with Crippen LogP contribution in [-0.4, -0.2) is 52.0 Å². The number of hydrogen-bond donors (Lipinski definition) is 3. The van der Waals surface area contributed by atoms with Crippen molar-refractivity contribution >= 4 is 29.5 Å². The largest absolute Gasteiger partial charge is 0.494 e. The number of aromatic nitrogens is 2. The third-order valence-electron chi connectivity index (χ3n) is 4.38. The van der Waals surface area contributed by atoms with E-state index in [-0.39, 0.29) is 0 Å². The molecule has 3 N–H and O–H groups in total. The molecule has 0 amide bonds. The number of aliphatic carboxylic acids is 2. The Kier molecular flexibility index (Phi) is 10.2. The number of nitrogens with zero attached hydrogens (tertiary/aromatic N) is 2. The van der Waals surface area contributed by atoms with Gasteiger partial charge in [0.25, 0.3) is 0 Å². The lowest BCUT2D eigenvalue weighted by Crippen LogP contribution is -2.11. The van der Waals surface area contributed by atoms with E-state index in [0.717, 1.165) is 33.5 Å². The van der Waals surface area contributed by atoms with Gasteiger partial charge in [0.1, 0.15) is 5.75 Å². The number of benzene rings is 2. The molecule has 3 aromatic rings. The number of methoxy groups -OCH3 is 1. The topological polar surface area (TPSA) is 123 Å². The second-order valence-electron chi connectivity index (χ2n) is 6.66. The fourth-order valence-corrected chi connectivity index (χ4v) is 2.95. The van der Waals surface area contributed by atoms with Crippen molar-refractivity contribution in [3.8, 4) is 17.0 Å². The molecule has 1 aromatic heterocycles. The SMILES string of the molecule is CCOc1ccc(-c2cnc(NCc3ccc(Cl)cc3)n2CCOC)cc1.O=C(O)C(=O)O. The van der Waals surface area contributed by atoms with Crippen LogP contribution in [0.25, 0.3) is 11.3 Å². The van der Waals surface area contributed by atoms with E-state index in [4.69, 9.17) is 40.9 Å². The van der Waals surface area contributed by atoms with Gasteiger partial charge in [0.15, 0.2) is 0 Å². The second kappa shape index (κ2) is 13.1. The summed E-state index contributed by atoms with van der Waals surface area (Å²) in [7, 11) is 1.70. The predicted octanol–water partition coefficient (Wildman–Crippen LogP) is 4.02. The number of imidazole rings is 1. The number of carboxylic acids is 2. The quantitative estimate of drug-likeness (QED) is 0.396. The fraction of sp³-hybridized carbons (Fsp3) is 0.261. The molecule has 10 heteroatoms. The maximum atomic E-state index is 9.10. The maximum absolute atomic E-state index is 9.10. The molecule has 0 unspecified atom stereocenters. The van der Waals surface area contributed by atoms with Gasteiger partial charge in [-0.3, -0.25) is 0 Å². The van der Waals surface area contributed by atoms with E-state index in [1.165, 1.54) is 0 Å². The molecular formula is C23H26ClN3O6. The third kappa shape index (κ3) is 8.13. The van der Waals surface area contributed by atoms with Crippen molar-refractivity contribution in [2.75, 3.05) is 25.6 Å². The average molecular weight is 476 g/mol. The van der Waals surface area contributed by atoms with Gasteiger partial charge in [-0.2, -0.15) is 0 Å². The summed E-state index contributed by atoms with van der Waals surface area (Å²) >= 11 is 5.95. The number of carbonyl (C=O) groups is 2. The Morgan fingerprint density at radius 2 is 1.70 bits per heavy atom.